The second kappa shape index (κ2) is 9.77. The monoisotopic (exact) mass is 487 g/mol. The first-order valence-corrected chi connectivity index (χ1v) is 11.1. The van der Waals surface area contributed by atoms with Crippen molar-refractivity contribution in [3.05, 3.63) is 104 Å². The van der Waals surface area contributed by atoms with Crippen LogP contribution in [0.1, 0.15) is 16.7 Å². The van der Waals surface area contributed by atoms with Crippen LogP contribution < -0.4 is 4.74 Å². The third-order valence-electron chi connectivity index (χ3n) is 4.69. The molecule has 162 valence electrons. The summed E-state index contributed by atoms with van der Waals surface area (Å²) in [6.45, 7) is 0.348. The summed E-state index contributed by atoms with van der Waals surface area (Å²) in [5.41, 5.74) is 2.19. The molecule has 3 aromatic carbocycles. The molecule has 0 spiro atoms. The van der Waals surface area contributed by atoms with Gasteiger partial charge in [-0.05, 0) is 65.4 Å². The van der Waals surface area contributed by atoms with Gasteiger partial charge in [-0.2, -0.15) is 0 Å². The maximum atomic E-state index is 13.1. The van der Waals surface area contributed by atoms with Crippen molar-refractivity contribution < 1.29 is 18.7 Å². The number of amides is 2. The van der Waals surface area contributed by atoms with Crippen molar-refractivity contribution >= 4 is 52.2 Å². The summed E-state index contributed by atoms with van der Waals surface area (Å²) in [6, 6.07) is 18.1. The molecule has 4 nitrogen and oxygen atoms in total. The molecule has 0 unspecified atom stereocenters. The standard InChI is InChI=1S/C24H16Cl2FNO3S/c25-18-7-6-17(21(26)12-18)14-31-20-3-1-2-16(10-20)11-22-23(29)28(24(30)32-22)13-15-4-8-19(27)9-5-15/h1-12H,13-14H2/b22-11+. The first-order valence-electron chi connectivity index (χ1n) is 9.55. The zero-order chi connectivity index (χ0) is 22.7. The number of hydrogen-bond acceptors (Lipinski definition) is 4. The van der Waals surface area contributed by atoms with Gasteiger partial charge in [-0.25, -0.2) is 4.39 Å². The molecule has 1 aliphatic heterocycles. The number of thioether (sulfide) groups is 1. The molecular weight excluding hydrogens is 472 g/mol. The van der Waals surface area contributed by atoms with Crippen LogP contribution in [-0.2, 0) is 17.9 Å². The summed E-state index contributed by atoms with van der Waals surface area (Å²) in [6.07, 6.45) is 1.65. The Balaban J connectivity index is 1.46. The summed E-state index contributed by atoms with van der Waals surface area (Å²) >= 11 is 13.0. The number of carbonyl (C=O) groups excluding carboxylic acids is 2. The van der Waals surface area contributed by atoms with E-state index in [1.54, 1.807) is 54.6 Å². The van der Waals surface area contributed by atoms with E-state index < -0.39 is 0 Å². The predicted molar refractivity (Wildman–Crippen MR) is 125 cm³/mol. The van der Waals surface area contributed by atoms with Gasteiger partial charge in [0.1, 0.15) is 18.2 Å². The van der Waals surface area contributed by atoms with Crippen LogP contribution in [0.25, 0.3) is 6.08 Å². The van der Waals surface area contributed by atoms with E-state index in [1.807, 2.05) is 6.07 Å². The van der Waals surface area contributed by atoms with Gasteiger partial charge in [-0.15, -0.1) is 0 Å². The zero-order valence-electron chi connectivity index (χ0n) is 16.6. The van der Waals surface area contributed by atoms with E-state index in [1.165, 1.54) is 12.1 Å². The Morgan fingerprint density at radius 1 is 1.00 bits per heavy atom. The molecule has 3 aromatic rings. The average molecular weight is 488 g/mol. The van der Waals surface area contributed by atoms with Gasteiger partial charge in [0.25, 0.3) is 11.1 Å². The number of carbonyl (C=O) groups is 2. The van der Waals surface area contributed by atoms with Gasteiger partial charge >= 0.3 is 0 Å². The highest BCUT2D eigenvalue weighted by atomic mass is 35.5. The maximum Gasteiger partial charge on any atom is 0.293 e. The quantitative estimate of drug-likeness (QED) is 0.353. The number of hydrogen-bond donors (Lipinski definition) is 0. The fourth-order valence-corrected chi connectivity index (χ4v) is 4.36. The normalized spacial score (nSPS) is 15.0. The molecule has 0 N–H and O–H groups in total. The van der Waals surface area contributed by atoms with Crippen molar-refractivity contribution in [3.63, 3.8) is 0 Å². The van der Waals surface area contributed by atoms with Crippen molar-refractivity contribution in [2.75, 3.05) is 0 Å². The first-order chi connectivity index (χ1) is 15.4. The van der Waals surface area contributed by atoms with Gasteiger partial charge in [-0.1, -0.05) is 53.5 Å². The van der Waals surface area contributed by atoms with Crippen LogP contribution in [0.15, 0.2) is 71.6 Å². The van der Waals surface area contributed by atoms with Crippen LogP contribution in [0.2, 0.25) is 10.0 Å². The Kier molecular flexibility index (Phi) is 6.84. The van der Waals surface area contributed by atoms with Crippen LogP contribution in [-0.4, -0.2) is 16.0 Å². The second-order valence-electron chi connectivity index (χ2n) is 6.99. The second-order valence-corrected chi connectivity index (χ2v) is 8.83. The van der Waals surface area contributed by atoms with Crippen molar-refractivity contribution in [1.82, 2.24) is 4.90 Å². The third kappa shape index (κ3) is 5.33. The summed E-state index contributed by atoms with van der Waals surface area (Å²) in [7, 11) is 0. The van der Waals surface area contributed by atoms with Gasteiger partial charge in [-0.3, -0.25) is 14.5 Å². The van der Waals surface area contributed by atoms with Crippen molar-refractivity contribution in [3.8, 4) is 5.75 Å². The molecule has 0 bridgehead atoms. The van der Waals surface area contributed by atoms with Gasteiger partial charge in [0.2, 0.25) is 0 Å². The Bertz CT molecular complexity index is 1210. The smallest absolute Gasteiger partial charge is 0.293 e. The van der Waals surface area contributed by atoms with E-state index in [-0.39, 0.29) is 30.1 Å². The molecule has 1 fully saturated rings. The molecule has 0 aromatic heterocycles. The number of halogens is 3. The van der Waals surface area contributed by atoms with Crippen LogP contribution in [0.3, 0.4) is 0 Å². The Morgan fingerprint density at radius 3 is 2.53 bits per heavy atom. The minimum Gasteiger partial charge on any atom is -0.489 e. The number of nitrogens with zero attached hydrogens (tertiary/aromatic N) is 1. The summed E-state index contributed by atoms with van der Waals surface area (Å²) < 4.78 is 18.9. The Morgan fingerprint density at radius 2 is 1.78 bits per heavy atom. The molecule has 1 aliphatic rings. The summed E-state index contributed by atoms with van der Waals surface area (Å²) in [4.78, 5) is 26.5. The van der Waals surface area contributed by atoms with Crippen molar-refractivity contribution in [2.24, 2.45) is 0 Å². The lowest BCUT2D eigenvalue weighted by Gasteiger charge is -2.12. The molecule has 1 saturated heterocycles. The maximum absolute atomic E-state index is 13.1. The minimum atomic E-state index is -0.386. The Hall–Kier alpha value is -2.80. The largest absolute Gasteiger partial charge is 0.489 e. The lowest BCUT2D eigenvalue weighted by molar-refractivity contribution is -0.123. The molecule has 2 amide bonds. The van der Waals surface area contributed by atoms with Gasteiger partial charge in [0, 0.05) is 15.6 Å². The molecule has 4 rings (SSSR count). The molecule has 0 radical (unpaired) electrons. The van der Waals surface area contributed by atoms with E-state index in [2.05, 4.69) is 0 Å². The van der Waals surface area contributed by atoms with Crippen molar-refractivity contribution in [2.45, 2.75) is 13.2 Å². The molecule has 1 heterocycles. The highest BCUT2D eigenvalue weighted by Crippen LogP contribution is 2.34. The number of ether oxygens (including phenoxy) is 1. The van der Waals surface area contributed by atoms with E-state index in [0.29, 0.717) is 26.3 Å². The summed E-state index contributed by atoms with van der Waals surface area (Å²) in [5.74, 6) is -0.165. The zero-order valence-corrected chi connectivity index (χ0v) is 18.9. The van der Waals surface area contributed by atoms with Gasteiger partial charge in [0.15, 0.2) is 0 Å². The molecule has 32 heavy (non-hydrogen) atoms. The predicted octanol–water partition coefficient (Wildman–Crippen LogP) is 6.95. The highest BCUT2D eigenvalue weighted by molar-refractivity contribution is 8.18. The fraction of sp³-hybridized carbons (Fsp3) is 0.0833. The molecule has 0 saturated carbocycles. The SMILES string of the molecule is O=C1S/C(=C/c2cccc(OCc3ccc(Cl)cc3Cl)c2)C(=O)N1Cc1ccc(F)cc1. The fourth-order valence-electron chi connectivity index (χ4n) is 3.05. The van der Waals surface area contributed by atoms with E-state index in [9.17, 15) is 14.0 Å². The molecular formula is C24H16Cl2FNO3S. The van der Waals surface area contributed by atoms with Crippen molar-refractivity contribution in [1.29, 1.82) is 0 Å². The van der Waals surface area contributed by atoms with E-state index in [0.717, 1.165) is 27.8 Å². The minimum absolute atomic E-state index is 0.0906. The van der Waals surface area contributed by atoms with E-state index in [4.69, 9.17) is 27.9 Å². The molecule has 8 heteroatoms. The Labute approximate surface area is 198 Å². The van der Waals surface area contributed by atoms with Gasteiger partial charge in [0.05, 0.1) is 11.4 Å². The first kappa shape index (κ1) is 22.4. The number of rotatable bonds is 6. The van der Waals surface area contributed by atoms with Crippen LogP contribution in [0.5, 0.6) is 5.75 Å². The third-order valence-corrected chi connectivity index (χ3v) is 6.19. The van der Waals surface area contributed by atoms with Gasteiger partial charge < -0.3 is 4.74 Å². The lowest BCUT2D eigenvalue weighted by Crippen LogP contribution is -2.27. The molecule has 0 aliphatic carbocycles. The topological polar surface area (TPSA) is 46.6 Å². The van der Waals surface area contributed by atoms with E-state index >= 15 is 0 Å². The molecule has 0 atom stereocenters. The summed E-state index contributed by atoms with van der Waals surface area (Å²) in [5, 5.41) is 0.702. The lowest BCUT2D eigenvalue weighted by atomic mass is 10.2. The average Bonchev–Trinajstić information content (AvgIpc) is 3.02. The van der Waals surface area contributed by atoms with Crippen LogP contribution in [0.4, 0.5) is 9.18 Å². The number of imide groups is 1. The highest BCUT2D eigenvalue weighted by Gasteiger charge is 2.34. The number of benzene rings is 3. The van der Waals surface area contributed by atoms with Crippen LogP contribution in [0, 0.1) is 5.82 Å². The van der Waals surface area contributed by atoms with Crippen LogP contribution >= 0.6 is 35.0 Å².